The highest BCUT2D eigenvalue weighted by molar-refractivity contribution is 6.18. The van der Waals surface area contributed by atoms with Crippen LogP contribution >= 0.6 is 23.2 Å². The predicted octanol–water partition coefficient (Wildman–Crippen LogP) is 5.92. The zero-order chi connectivity index (χ0) is 11.9. The Labute approximate surface area is 111 Å². The van der Waals surface area contributed by atoms with Gasteiger partial charge in [-0.3, -0.25) is 0 Å². The smallest absolute Gasteiger partial charge is 0.0404 e. The molecular weight excluding hydrogens is 239 g/mol. The van der Waals surface area contributed by atoms with Crippen LogP contribution in [-0.2, 0) is 0 Å². The quantitative estimate of drug-likeness (QED) is 0.233. The molecule has 0 aromatic heterocycles. The summed E-state index contributed by atoms with van der Waals surface area (Å²) in [5.41, 5.74) is 0. The van der Waals surface area contributed by atoms with Gasteiger partial charge in [0.05, 0.1) is 0 Å². The third kappa shape index (κ3) is 14.3. The first-order valence-corrected chi connectivity index (χ1v) is 7.75. The van der Waals surface area contributed by atoms with E-state index in [1.165, 1.54) is 64.2 Å². The average Bonchev–Trinajstić information content (AvgIpc) is 2.31. The highest BCUT2D eigenvalue weighted by Gasteiger charge is 1.91. The summed E-state index contributed by atoms with van der Waals surface area (Å²) in [5, 5.41) is 0. The van der Waals surface area contributed by atoms with Crippen molar-refractivity contribution in [2.75, 3.05) is 11.8 Å². The van der Waals surface area contributed by atoms with Crippen molar-refractivity contribution in [3.05, 3.63) is 12.2 Å². The Morgan fingerprint density at radius 3 is 1.56 bits per heavy atom. The Balaban J connectivity index is 2.90. The molecule has 0 heterocycles. The summed E-state index contributed by atoms with van der Waals surface area (Å²) in [6, 6.07) is 0. The maximum Gasteiger partial charge on any atom is 0.0404 e. The lowest BCUT2D eigenvalue weighted by Gasteiger charge is -2.00. The Bertz CT molecular complexity index is 144. The van der Waals surface area contributed by atoms with Gasteiger partial charge in [0.25, 0.3) is 0 Å². The molecular formula is C14H26Cl2. The monoisotopic (exact) mass is 264 g/mol. The number of alkyl halides is 2. The second kappa shape index (κ2) is 15.3. The summed E-state index contributed by atoms with van der Waals surface area (Å²) in [5.74, 6) is 1.48. The fraction of sp³-hybridized carbons (Fsp3) is 0.857. The van der Waals surface area contributed by atoms with E-state index in [1.807, 2.05) is 6.08 Å². The van der Waals surface area contributed by atoms with Gasteiger partial charge in [-0.2, -0.15) is 0 Å². The van der Waals surface area contributed by atoms with E-state index in [-0.39, 0.29) is 0 Å². The third-order valence-corrected chi connectivity index (χ3v) is 3.21. The van der Waals surface area contributed by atoms with Gasteiger partial charge >= 0.3 is 0 Å². The minimum atomic E-state index is 0.655. The summed E-state index contributed by atoms with van der Waals surface area (Å²) in [6.45, 7) is 0. The molecule has 0 aromatic carbocycles. The van der Waals surface area contributed by atoms with Gasteiger partial charge in [0.1, 0.15) is 0 Å². The van der Waals surface area contributed by atoms with Crippen LogP contribution < -0.4 is 0 Å². The van der Waals surface area contributed by atoms with Crippen molar-refractivity contribution < 1.29 is 0 Å². The lowest BCUT2D eigenvalue weighted by atomic mass is 10.1. The largest absolute Gasteiger partial charge is 0.127 e. The molecule has 0 fully saturated rings. The van der Waals surface area contributed by atoms with E-state index in [0.29, 0.717) is 5.88 Å². The van der Waals surface area contributed by atoms with E-state index in [0.717, 1.165) is 5.88 Å². The van der Waals surface area contributed by atoms with Gasteiger partial charge < -0.3 is 0 Å². The Morgan fingerprint density at radius 2 is 1.06 bits per heavy atom. The van der Waals surface area contributed by atoms with Crippen LogP contribution in [0.4, 0.5) is 0 Å². The Morgan fingerprint density at radius 1 is 0.562 bits per heavy atom. The van der Waals surface area contributed by atoms with Crippen molar-refractivity contribution in [3.63, 3.8) is 0 Å². The van der Waals surface area contributed by atoms with E-state index in [9.17, 15) is 0 Å². The fourth-order valence-corrected chi connectivity index (χ4v) is 2.09. The van der Waals surface area contributed by atoms with Crippen LogP contribution in [0.5, 0.6) is 0 Å². The van der Waals surface area contributed by atoms with Crippen molar-refractivity contribution in [3.8, 4) is 0 Å². The minimum absolute atomic E-state index is 0.655. The standard InChI is InChI=1S/C14H26Cl2/c15-13-11-9-7-5-3-1-2-4-6-8-10-12-14-16/h9,11H,1-8,10,12-14H2. The van der Waals surface area contributed by atoms with E-state index in [2.05, 4.69) is 6.08 Å². The van der Waals surface area contributed by atoms with Gasteiger partial charge in [-0.05, 0) is 19.3 Å². The number of hydrogen-bond acceptors (Lipinski definition) is 0. The third-order valence-electron chi connectivity index (χ3n) is 2.76. The maximum atomic E-state index is 5.62. The van der Waals surface area contributed by atoms with Crippen LogP contribution in [-0.4, -0.2) is 11.8 Å². The van der Waals surface area contributed by atoms with Gasteiger partial charge in [-0.1, -0.05) is 57.1 Å². The van der Waals surface area contributed by atoms with Crippen molar-refractivity contribution in [1.29, 1.82) is 0 Å². The summed E-state index contributed by atoms with van der Waals surface area (Å²) in [4.78, 5) is 0. The Hall–Kier alpha value is 0.320. The summed E-state index contributed by atoms with van der Waals surface area (Å²) >= 11 is 11.2. The fourth-order valence-electron chi connectivity index (χ4n) is 1.77. The highest BCUT2D eigenvalue weighted by atomic mass is 35.5. The van der Waals surface area contributed by atoms with E-state index < -0.39 is 0 Å². The van der Waals surface area contributed by atoms with Crippen LogP contribution in [0, 0.1) is 0 Å². The molecule has 0 amide bonds. The predicted molar refractivity (Wildman–Crippen MR) is 76.8 cm³/mol. The molecule has 0 aliphatic heterocycles. The van der Waals surface area contributed by atoms with Crippen molar-refractivity contribution in [2.45, 2.75) is 64.2 Å². The SMILES string of the molecule is ClCC=CCCCCCCCCCCCCl. The number of halogens is 2. The van der Waals surface area contributed by atoms with E-state index >= 15 is 0 Å². The molecule has 2 heteroatoms. The van der Waals surface area contributed by atoms with Crippen LogP contribution in [0.15, 0.2) is 12.2 Å². The van der Waals surface area contributed by atoms with Crippen molar-refractivity contribution >= 4 is 23.2 Å². The molecule has 0 atom stereocenters. The first-order chi connectivity index (χ1) is 7.91. The molecule has 0 N–H and O–H groups in total. The molecule has 96 valence electrons. The molecule has 0 saturated carbocycles. The summed E-state index contributed by atoms with van der Waals surface area (Å²) < 4.78 is 0. The number of rotatable bonds is 12. The van der Waals surface area contributed by atoms with Gasteiger partial charge in [-0.25, -0.2) is 0 Å². The van der Waals surface area contributed by atoms with Gasteiger partial charge in [0.15, 0.2) is 0 Å². The van der Waals surface area contributed by atoms with E-state index in [1.54, 1.807) is 0 Å². The zero-order valence-electron chi connectivity index (χ0n) is 10.4. The normalized spacial score (nSPS) is 11.4. The molecule has 0 aliphatic rings. The number of hydrogen-bond donors (Lipinski definition) is 0. The molecule has 0 aromatic rings. The summed E-state index contributed by atoms with van der Waals surface area (Å²) in [7, 11) is 0. The molecule has 0 rings (SSSR count). The lowest BCUT2D eigenvalue weighted by Crippen LogP contribution is -1.82. The molecule has 0 unspecified atom stereocenters. The van der Waals surface area contributed by atoms with Crippen molar-refractivity contribution in [2.24, 2.45) is 0 Å². The van der Waals surface area contributed by atoms with Crippen LogP contribution in [0.2, 0.25) is 0 Å². The van der Waals surface area contributed by atoms with E-state index in [4.69, 9.17) is 23.2 Å². The van der Waals surface area contributed by atoms with Gasteiger partial charge in [-0.15, -0.1) is 23.2 Å². The second-order valence-corrected chi connectivity index (χ2v) is 4.97. The van der Waals surface area contributed by atoms with Gasteiger partial charge in [0.2, 0.25) is 0 Å². The molecule has 0 nitrogen and oxygen atoms in total. The molecule has 0 aliphatic carbocycles. The maximum absolute atomic E-state index is 5.62. The highest BCUT2D eigenvalue weighted by Crippen LogP contribution is 2.10. The van der Waals surface area contributed by atoms with Crippen LogP contribution in [0.25, 0.3) is 0 Å². The first kappa shape index (κ1) is 16.3. The molecule has 0 spiro atoms. The first-order valence-electron chi connectivity index (χ1n) is 6.68. The topological polar surface area (TPSA) is 0 Å². The molecule has 0 bridgehead atoms. The summed E-state index contributed by atoms with van der Waals surface area (Å²) in [6.07, 6.45) is 17.6. The average molecular weight is 265 g/mol. The number of unbranched alkanes of at least 4 members (excludes halogenated alkanes) is 9. The van der Waals surface area contributed by atoms with Crippen molar-refractivity contribution in [1.82, 2.24) is 0 Å². The molecule has 16 heavy (non-hydrogen) atoms. The van der Waals surface area contributed by atoms with Gasteiger partial charge in [0, 0.05) is 11.8 Å². The second-order valence-electron chi connectivity index (χ2n) is 4.29. The lowest BCUT2D eigenvalue weighted by molar-refractivity contribution is 0.567. The molecule has 0 saturated heterocycles. The minimum Gasteiger partial charge on any atom is -0.127 e. The zero-order valence-corrected chi connectivity index (χ0v) is 11.9. The number of allylic oxidation sites excluding steroid dienone is 2. The van der Waals surface area contributed by atoms with Crippen LogP contribution in [0.1, 0.15) is 64.2 Å². The molecule has 0 radical (unpaired) electrons. The van der Waals surface area contributed by atoms with Crippen LogP contribution in [0.3, 0.4) is 0 Å². The Kier molecular flexibility index (Phi) is 15.6.